The highest BCUT2D eigenvalue weighted by atomic mass is 35.5. The van der Waals surface area contributed by atoms with Gasteiger partial charge in [-0.2, -0.15) is 0 Å². The zero-order valence-electron chi connectivity index (χ0n) is 5.07. The molecular formula is C6H2Cl3FO. The molecule has 5 heteroatoms. The van der Waals surface area contributed by atoms with Crippen molar-refractivity contribution < 1.29 is 9.47 Å². The highest BCUT2D eigenvalue weighted by Gasteiger charge is 2.06. The van der Waals surface area contributed by atoms with Crippen LogP contribution in [0, 0.1) is 0 Å². The lowest BCUT2D eigenvalue weighted by atomic mass is 10.3. The fourth-order valence-corrected chi connectivity index (χ4v) is 1.13. The Morgan fingerprint density at radius 1 is 1.00 bits per heavy atom. The van der Waals surface area contributed by atoms with E-state index in [9.17, 15) is 4.53 Å². The third-order valence-corrected chi connectivity index (χ3v) is 2.08. The Hall–Kier alpha value is -0.180. The summed E-state index contributed by atoms with van der Waals surface area (Å²) >= 11 is 16.6. The molecule has 0 atom stereocenters. The minimum atomic E-state index is -0.138. The first-order valence-electron chi connectivity index (χ1n) is 2.58. The van der Waals surface area contributed by atoms with E-state index >= 15 is 0 Å². The highest BCUT2D eigenvalue weighted by molar-refractivity contribution is 6.43. The molecule has 1 aromatic rings. The van der Waals surface area contributed by atoms with Crippen LogP contribution in [0.25, 0.3) is 0 Å². The van der Waals surface area contributed by atoms with Crippen molar-refractivity contribution in [1.29, 1.82) is 0 Å². The van der Waals surface area contributed by atoms with Crippen LogP contribution in [0.4, 0.5) is 4.53 Å². The maximum atomic E-state index is 11.6. The molecule has 0 N–H and O–H groups in total. The van der Waals surface area contributed by atoms with Crippen LogP contribution in [0.1, 0.15) is 0 Å². The van der Waals surface area contributed by atoms with Gasteiger partial charge in [0.2, 0.25) is 0 Å². The van der Waals surface area contributed by atoms with Gasteiger partial charge in [-0.15, -0.1) is 0 Å². The van der Waals surface area contributed by atoms with Crippen LogP contribution in [0.5, 0.6) is 5.75 Å². The van der Waals surface area contributed by atoms with Crippen LogP contribution in [0.2, 0.25) is 15.1 Å². The molecule has 0 saturated carbocycles. The molecule has 0 amide bonds. The van der Waals surface area contributed by atoms with Crippen LogP contribution in [0.3, 0.4) is 0 Å². The van der Waals surface area contributed by atoms with E-state index in [1.54, 1.807) is 0 Å². The number of hydrogen-bond donors (Lipinski definition) is 0. The summed E-state index contributed by atoms with van der Waals surface area (Å²) in [5.41, 5.74) is 0. The van der Waals surface area contributed by atoms with Gasteiger partial charge in [-0.1, -0.05) is 34.8 Å². The van der Waals surface area contributed by atoms with Gasteiger partial charge in [0.15, 0.2) is 5.75 Å². The molecule has 1 rings (SSSR count). The van der Waals surface area contributed by atoms with E-state index in [0.717, 1.165) is 0 Å². The maximum absolute atomic E-state index is 11.6. The summed E-state index contributed by atoms with van der Waals surface area (Å²) in [5, 5.41) is 0.545. The molecule has 0 bridgehead atoms. The molecule has 0 aromatic heterocycles. The molecule has 0 aliphatic rings. The van der Waals surface area contributed by atoms with Gasteiger partial charge in [-0.3, -0.25) is 4.94 Å². The van der Waals surface area contributed by atoms with Gasteiger partial charge < -0.3 is 0 Å². The zero-order valence-corrected chi connectivity index (χ0v) is 7.34. The van der Waals surface area contributed by atoms with Gasteiger partial charge in [0.05, 0.1) is 15.1 Å². The summed E-state index contributed by atoms with van der Waals surface area (Å²) in [7, 11) is 0. The summed E-state index contributed by atoms with van der Waals surface area (Å²) in [6, 6.07) is 2.51. The monoisotopic (exact) mass is 214 g/mol. The molecule has 0 saturated heterocycles. The summed E-state index contributed by atoms with van der Waals surface area (Å²) < 4.78 is 11.6. The quantitative estimate of drug-likeness (QED) is 0.645. The van der Waals surface area contributed by atoms with Crippen LogP contribution in [-0.2, 0) is 0 Å². The Morgan fingerprint density at radius 2 is 1.55 bits per heavy atom. The van der Waals surface area contributed by atoms with Crippen molar-refractivity contribution in [3.63, 3.8) is 0 Å². The van der Waals surface area contributed by atoms with Crippen molar-refractivity contribution in [2.45, 2.75) is 0 Å². The van der Waals surface area contributed by atoms with Crippen LogP contribution >= 0.6 is 34.8 Å². The van der Waals surface area contributed by atoms with Crippen molar-refractivity contribution >= 4 is 34.8 Å². The van der Waals surface area contributed by atoms with Gasteiger partial charge in [0, 0.05) is 10.6 Å². The van der Waals surface area contributed by atoms with Crippen molar-refractivity contribution in [3.05, 3.63) is 27.2 Å². The number of rotatable bonds is 1. The van der Waals surface area contributed by atoms with E-state index < -0.39 is 0 Å². The van der Waals surface area contributed by atoms with Gasteiger partial charge in [0.25, 0.3) is 0 Å². The molecule has 11 heavy (non-hydrogen) atoms. The van der Waals surface area contributed by atoms with E-state index in [2.05, 4.69) is 4.94 Å². The van der Waals surface area contributed by atoms with E-state index in [0.29, 0.717) is 0 Å². The minimum absolute atomic E-state index is 0.0851. The van der Waals surface area contributed by atoms with Gasteiger partial charge in [-0.05, 0) is 6.07 Å². The molecule has 0 aliphatic heterocycles. The van der Waals surface area contributed by atoms with E-state index in [1.807, 2.05) is 0 Å². The molecule has 0 unspecified atom stereocenters. The highest BCUT2D eigenvalue weighted by Crippen LogP contribution is 2.33. The van der Waals surface area contributed by atoms with Gasteiger partial charge in [-0.25, -0.2) is 0 Å². The second-order valence-corrected chi connectivity index (χ2v) is 3.00. The normalized spacial score (nSPS) is 9.82. The molecule has 0 aliphatic carbocycles. The number of halogens is 4. The van der Waals surface area contributed by atoms with E-state index in [1.165, 1.54) is 12.1 Å². The van der Waals surface area contributed by atoms with Gasteiger partial charge in [0.1, 0.15) is 0 Å². The standard InChI is InChI=1S/C6H2Cl3FO/c7-3-1-5(9)6(11-10)2-4(3)8/h1-2H. The van der Waals surface area contributed by atoms with Crippen molar-refractivity contribution in [2.75, 3.05) is 0 Å². The second-order valence-electron chi connectivity index (χ2n) is 1.77. The van der Waals surface area contributed by atoms with Crippen molar-refractivity contribution in [1.82, 2.24) is 0 Å². The zero-order chi connectivity index (χ0) is 8.43. The van der Waals surface area contributed by atoms with E-state index in [4.69, 9.17) is 34.8 Å². The molecule has 1 aromatic carbocycles. The Kier molecular flexibility index (Phi) is 2.82. The SMILES string of the molecule is FOc1cc(Cl)c(Cl)cc1Cl. The average molecular weight is 215 g/mol. The lowest BCUT2D eigenvalue weighted by Crippen LogP contribution is -1.79. The molecule has 60 valence electrons. The molecular weight excluding hydrogens is 213 g/mol. The Labute approximate surface area is 77.5 Å². The summed E-state index contributed by atoms with van der Waals surface area (Å²) in [6.07, 6.45) is 0. The maximum Gasteiger partial charge on any atom is 0.192 e. The van der Waals surface area contributed by atoms with Crippen molar-refractivity contribution in [2.24, 2.45) is 0 Å². The van der Waals surface area contributed by atoms with E-state index in [-0.39, 0.29) is 20.8 Å². The number of benzene rings is 1. The third kappa shape index (κ3) is 1.89. The first-order chi connectivity index (χ1) is 5.15. The van der Waals surface area contributed by atoms with Crippen LogP contribution in [-0.4, -0.2) is 0 Å². The fraction of sp³-hybridized carbons (Fsp3) is 0. The molecule has 0 radical (unpaired) electrons. The lowest BCUT2D eigenvalue weighted by molar-refractivity contribution is -0.00605. The summed E-state index contributed by atoms with van der Waals surface area (Å²) in [4.78, 5) is 3.41. The smallest absolute Gasteiger partial charge is 0.192 e. The number of hydrogen-bond acceptors (Lipinski definition) is 1. The molecule has 0 spiro atoms. The Morgan fingerprint density at radius 3 is 2.09 bits per heavy atom. The first-order valence-corrected chi connectivity index (χ1v) is 3.71. The Balaban J connectivity index is 3.21. The first kappa shape index (κ1) is 8.91. The Bertz CT molecular complexity index is 277. The van der Waals surface area contributed by atoms with Gasteiger partial charge >= 0.3 is 0 Å². The minimum Gasteiger partial charge on any atom is -0.293 e. The predicted molar refractivity (Wildman–Crippen MR) is 43.2 cm³/mol. The lowest BCUT2D eigenvalue weighted by Gasteiger charge is -1.99. The molecule has 0 fully saturated rings. The summed E-state index contributed by atoms with van der Waals surface area (Å²) in [6.45, 7) is 0. The third-order valence-electron chi connectivity index (χ3n) is 1.06. The van der Waals surface area contributed by atoms with Crippen LogP contribution < -0.4 is 4.94 Å². The van der Waals surface area contributed by atoms with Crippen LogP contribution in [0.15, 0.2) is 12.1 Å². The molecule has 1 nitrogen and oxygen atoms in total. The largest absolute Gasteiger partial charge is 0.293 e. The fourth-order valence-electron chi connectivity index (χ4n) is 0.563. The predicted octanol–water partition coefficient (Wildman–Crippen LogP) is 3.91. The topological polar surface area (TPSA) is 9.23 Å². The van der Waals surface area contributed by atoms with Crippen molar-refractivity contribution in [3.8, 4) is 5.75 Å². The average Bonchev–Trinajstić information content (AvgIpc) is 1.97. The molecule has 0 heterocycles. The summed E-state index contributed by atoms with van der Waals surface area (Å²) in [5.74, 6) is -0.138. The second kappa shape index (κ2) is 3.48.